The van der Waals surface area contributed by atoms with Crippen molar-refractivity contribution in [2.45, 2.75) is 6.92 Å². The van der Waals surface area contributed by atoms with Crippen LogP contribution in [0.2, 0.25) is 0 Å². The highest BCUT2D eigenvalue weighted by atomic mass is 32.1. The Morgan fingerprint density at radius 2 is 2.67 bits per heavy atom. The lowest BCUT2D eigenvalue weighted by atomic mass is 10.4. The minimum atomic E-state index is 0.644. The van der Waals surface area contributed by atoms with E-state index in [-0.39, 0.29) is 0 Å². The number of hydrogen-bond acceptors (Lipinski definition) is 4. The normalized spacial score (nSPS) is 8.56. The lowest BCUT2D eigenvalue weighted by Gasteiger charge is -1.76. The van der Waals surface area contributed by atoms with Gasteiger partial charge in [0.05, 0.1) is 5.16 Å². The molecule has 0 radical (unpaired) electrons. The number of thiocarbonyl (C=S) groups is 1. The van der Waals surface area contributed by atoms with Crippen molar-refractivity contribution in [1.29, 1.82) is 0 Å². The molecule has 0 fully saturated rings. The number of aryl methyl sites for hydroxylation is 1. The van der Waals surface area contributed by atoms with Gasteiger partial charge in [0.2, 0.25) is 0 Å². The summed E-state index contributed by atoms with van der Waals surface area (Å²) in [5.41, 5.74) is 1.37. The molecule has 1 aromatic rings. The molecule has 0 aliphatic carbocycles. The molecule has 0 bridgehead atoms. The van der Waals surface area contributed by atoms with Crippen molar-refractivity contribution in [3.05, 3.63) is 12.0 Å². The maximum atomic E-state index is 4.57. The molecule has 0 N–H and O–H groups in total. The van der Waals surface area contributed by atoms with Crippen molar-refractivity contribution in [2.24, 2.45) is 4.99 Å². The Hall–Kier alpha value is -0.990. The van der Waals surface area contributed by atoms with E-state index in [9.17, 15) is 0 Å². The van der Waals surface area contributed by atoms with E-state index in [1.54, 1.807) is 6.92 Å². The highest BCUT2D eigenvalue weighted by Crippen LogP contribution is 2.13. The molecule has 0 unspecified atom stereocenters. The van der Waals surface area contributed by atoms with Crippen molar-refractivity contribution >= 4 is 23.1 Å². The second-order valence-corrected chi connectivity index (χ2v) is 1.67. The van der Waals surface area contributed by atoms with Crippen LogP contribution in [0.1, 0.15) is 5.69 Å². The van der Waals surface area contributed by atoms with Crippen LogP contribution >= 0.6 is 12.2 Å². The third kappa shape index (κ3) is 1.22. The van der Waals surface area contributed by atoms with Crippen LogP contribution in [-0.2, 0) is 0 Å². The number of nitrogens with zero attached hydrogens (tertiary/aromatic N) is 2. The molecule has 1 aromatic heterocycles. The molecule has 46 valence electrons. The van der Waals surface area contributed by atoms with Gasteiger partial charge in [0.15, 0.2) is 6.26 Å². The molecule has 1 rings (SSSR count). The van der Waals surface area contributed by atoms with Crippen LogP contribution < -0.4 is 0 Å². The van der Waals surface area contributed by atoms with Crippen molar-refractivity contribution < 1.29 is 4.52 Å². The molecule has 4 heteroatoms. The predicted molar refractivity (Wildman–Crippen MR) is 35.9 cm³/mol. The van der Waals surface area contributed by atoms with Crippen LogP contribution in [-0.4, -0.2) is 10.3 Å². The summed E-state index contributed by atoms with van der Waals surface area (Å²) >= 11 is 4.37. The van der Waals surface area contributed by atoms with E-state index < -0.39 is 0 Å². The SMILES string of the molecule is Cc1nocc1N=C=S. The summed E-state index contributed by atoms with van der Waals surface area (Å²) in [5.74, 6) is 0. The van der Waals surface area contributed by atoms with Crippen LogP contribution in [0.3, 0.4) is 0 Å². The number of aliphatic imine (C=N–C) groups is 1. The monoisotopic (exact) mass is 140 g/mol. The first-order valence-corrected chi connectivity index (χ1v) is 2.74. The standard InChI is InChI=1S/C5H4N2OS/c1-4-5(6-3-9)2-8-7-4/h2H,1H3. The van der Waals surface area contributed by atoms with Gasteiger partial charge in [-0.3, -0.25) is 0 Å². The van der Waals surface area contributed by atoms with E-state index in [2.05, 4.69) is 32.1 Å². The van der Waals surface area contributed by atoms with Gasteiger partial charge >= 0.3 is 0 Å². The van der Waals surface area contributed by atoms with Crippen LogP contribution in [0.15, 0.2) is 15.8 Å². The Morgan fingerprint density at radius 3 is 3.11 bits per heavy atom. The summed E-state index contributed by atoms with van der Waals surface area (Å²) in [5, 5.41) is 5.80. The van der Waals surface area contributed by atoms with Gasteiger partial charge in [-0.15, -0.1) is 0 Å². The van der Waals surface area contributed by atoms with E-state index in [1.807, 2.05) is 0 Å². The Kier molecular flexibility index (Phi) is 1.72. The lowest BCUT2D eigenvalue weighted by Crippen LogP contribution is -1.65. The van der Waals surface area contributed by atoms with Crippen LogP contribution in [0, 0.1) is 6.92 Å². The zero-order valence-electron chi connectivity index (χ0n) is 4.79. The van der Waals surface area contributed by atoms with Gasteiger partial charge in [0.1, 0.15) is 11.4 Å². The van der Waals surface area contributed by atoms with Crippen molar-refractivity contribution in [3.8, 4) is 0 Å². The summed E-state index contributed by atoms with van der Waals surface area (Å²) < 4.78 is 4.57. The van der Waals surface area contributed by atoms with Crippen molar-refractivity contribution in [1.82, 2.24) is 5.16 Å². The summed E-state index contributed by atoms with van der Waals surface area (Å²) in [4.78, 5) is 3.67. The third-order valence-electron chi connectivity index (χ3n) is 0.891. The fourth-order valence-corrected chi connectivity index (χ4v) is 0.542. The van der Waals surface area contributed by atoms with Crippen molar-refractivity contribution in [2.75, 3.05) is 0 Å². The van der Waals surface area contributed by atoms with E-state index in [1.165, 1.54) is 6.26 Å². The Balaban J connectivity index is 3.07. The van der Waals surface area contributed by atoms with Gasteiger partial charge in [-0.05, 0) is 19.1 Å². The molecular weight excluding hydrogens is 136 g/mol. The van der Waals surface area contributed by atoms with Gasteiger partial charge in [0.25, 0.3) is 0 Å². The zero-order chi connectivity index (χ0) is 6.69. The number of rotatable bonds is 1. The molecule has 0 aliphatic heterocycles. The molecule has 0 spiro atoms. The first-order chi connectivity index (χ1) is 4.34. The van der Waals surface area contributed by atoms with Gasteiger partial charge < -0.3 is 4.52 Å². The molecule has 1 heterocycles. The quantitative estimate of drug-likeness (QED) is 0.440. The van der Waals surface area contributed by atoms with Gasteiger partial charge in [-0.1, -0.05) is 5.16 Å². The summed E-state index contributed by atoms with van der Waals surface area (Å²) in [7, 11) is 0. The van der Waals surface area contributed by atoms with E-state index in [0.29, 0.717) is 5.69 Å². The summed E-state index contributed by atoms with van der Waals surface area (Å²) in [6.07, 6.45) is 1.43. The molecule has 9 heavy (non-hydrogen) atoms. The minimum Gasteiger partial charge on any atom is -0.362 e. The fraction of sp³-hybridized carbons (Fsp3) is 0.200. The first-order valence-electron chi connectivity index (χ1n) is 2.33. The summed E-state index contributed by atoms with van der Waals surface area (Å²) in [6, 6.07) is 0. The smallest absolute Gasteiger partial charge is 0.150 e. The maximum Gasteiger partial charge on any atom is 0.150 e. The van der Waals surface area contributed by atoms with Gasteiger partial charge in [-0.25, -0.2) is 0 Å². The predicted octanol–water partition coefficient (Wildman–Crippen LogP) is 1.72. The topological polar surface area (TPSA) is 38.4 Å². The third-order valence-corrected chi connectivity index (χ3v) is 0.982. The molecule has 0 saturated carbocycles. The first kappa shape index (κ1) is 6.13. The second-order valence-electron chi connectivity index (χ2n) is 1.49. The molecule has 0 amide bonds. The average molecular weight is 140 g/mol. The lowest BCUT2D eigenvalue weighted by molar-refractivity contribution is 0.415. The Morgan fingerprint density at radius 1 is 1.89 bits per heavy atom. The molecule has 0 aromatic carbocycles. The number of isothiocyanates is 1. The van der Waals surface area contributed by atoms with Crippen LogP contribution in [0.5, 0.6) is 0 Å². The summed E-state index contributed by atoms with van der Waals surface area (Å²) in [6.45, 7) is 1.79. The van der Waals surface area contributed by atoms with Crippen LogP contribution in [0.4, 0.5) is 5.69 Å². The Bertz CT molecular complexity index is 249. The fourth-order valence-electron chi connectivity index (χ4n) is 0.444. The minimum absolute atomic E-state index is 0.644. The molecule has 0 atom stereocenters. The molecular formula is C5H4N2OS. The van der Waals surface area contributed by atoms with Gasteiger partial charge in [0, 0.05) is 0 Å². The number of aromatic nitrogens is 1. The average Bonchev–Trinajstić information content (AvgIpc) is 2.18. The Labute approximate surface area is 57.4 Å². The van der Waals surface area contributed by atoms with E-state index in [0.717, 1.165) is 5.69 Å². The van der Waals surface area contributed by atoms with Gasteiger partial charge in [-0.2, -0.15) is 4.99 Å². The molecule has 0 saturated heterocycles. The maximum absolute atomic E-state index is 4.57. The van der Waals surface area contributed by atoms with Crippen LogP contribution in [0.25, 0.3) is 0 Å². The highest BCUT2D eigenvalue weighted by molar-refractivity contribution is 7.78. The second kappa shape index (κ2) is 2.53. The van der Waals surface area contributed by atoms with E-state index in [4.69, 9.17) is 0 Å². The molecule has 0 aliphatic rings. The zero-order valence-corrected chi connectivity index (χ0v) is 5.60. The highest BCUT2D eigenvalue weighted by Gasteiger charge is 1.96. The largest absolute Gasteiger partial charge is 0.362 e. The van der Waals surface area contributed by atoms with Crippen molar-refractivity contribution in [3.63, 3.8) is 0 Å². The van der Waals surface area contributed by atoms with E-state index >= 15 is 0 Å². The number of hydrogen-bond donors (Lipinski definition) is 0. The molecule has 3 nitrogen and oxygen atoms in total.